The normalized spacial score (nSPS) is 13.8. The number of hydrogen-bond donors (Lipinski definition) is 1. The van der Waals surface area contributed by atoms with E-state index < -0.39 is 10.0 Å². The zero-order valence-corrected chi connectivity index (χ0v) is 13.4. The van der Waals surface area contributed by atoms with Crippen molar-refractivity contribution in [3.05, 3.63) is 24.3 Å². The summed E-state index contributed by atoms with van der Waals surface area (Å²) in [5.41, 5.74) is 5.96. The number of benzene rings is 1. The van der Waals surface area contributed by atoms with E-state index in [2.05, 4.69) is 0 Å². The van der Waals surface area contributed by atoms with E-state index in [1.54, 1.807) is 31.3 Å². The van der Waals surface area contributed by atoms with Crippen molar-refractivity contribution in [3.63, 3.8) is 0 Å². The summed E-state index contributed by atoms with van der Waals surface area (Å²) in [5, 5.41) is 0. The highest BCUT2D eigenvalue weighted by Gasteiger charge is 2.24. The Bertz CT molecular complexity index is 529. The number of nitrogens with two attached hydrogens (primary N) is 1. The predicted molar refractivity (Wildman–Crippen MR) is 80.2 cm³/mol. The van der Waals surface area contributed by atoms with Crippen LogP contribution in [-0.4, -0.2) is 39.5 Å². The number of hydrogen-bond acceptors (Lipinski definition) is 4. The van der Waals surface area contributed by atoms with Crippen LogP contribution in [0.15, 0.2) is 29.2 Å². The zero-order valence-electron chi connectivity index (χ0n) is 12.5. The lowest BCUT2D eigenvalue weighted by molar-refractivity contribution is 0.386. The van der Waals surface area contributed by atoms with Gasteiger partial charge in [-0.2, -0.15) is 0 Å². The van der Waals surface area contributed by atoms with Crippen molar-refractivity contribution < 1.29 is 13.2 Å². The van der Waals surface area contributed by atoms with Crippen molar-refractivity contribution in [3.8, 4) is 5.75 Å². The third kappa shape index (κ3) is 3.94. The summed E-state index contributed by atoms with van der Waals surface area (Å²) in [6.07, 6.45) is 0.628. The van der Waals surface area contributed by atoms with Gasteiger partial charge in [0.25, 0.3) is 0 Å². The Balaban J connectivity index is 2.88. The Labute approximate surface area is 121 Å². The van der Waals surface area contributed by atoms with Gasteiger partial charge in [-0.25, -0.2) is 12.7 Å². The molecule has 0 aromatic heterocycles. The van der Waals surface area contributed by atoms with E-state index in [1.807, 2.05) is 13.8 Å². The Kier molecular flexibility index (Phi) is 5.98. The van der Waals surface area contributed by atoms with Gasteiger partial charge in [0, 0.05) is 19.6 Å². The molecule has 0 aliphatic carbocycles. The molecule has 0 radical (unpaired) electrons. The molecule has 0 saturated heterocycles. The van der Waals surface area contributed by atoms with Crippen LogP contribution in [-0.2, 0) is 10.0 Å². The molecule has 6 heteroatoms. The van der Waals surface area contributed by atoms with Gasteiger partial charge in [0.1, 0.15) is 10.6 Å². The molecule has 114 valence electrons. The lowest BCUT2D eigenvalue weighted by Gasteiger charge is -2.22. The molecule has 0 heterocycles. The number of nitrogens with zero attached hydrogens (tertiary/aromatic N) is 1. The standard InChI is InChI=1S/C14H24N2O3S/c1-11(2)12(15)9-10-16(3)20(17,18)14-8-6-5-7-13(14)19-4/h5-8,11-12H,9-10,15H2,1-4H3. The number of rotatable bonds is 7. The quantitative estimate of drug-likeness (QED) is 0.831. The number of methoxy groups -OCH3 is 1. The predicted octanol–water partition coefficient (Wildman–Crippen LogP) is 1.69. The second-order valence-electron chi connectivity index (χ2n) is 5.17. The molecule has 0 fully saturated rings. The van der Waals surface area contributed by atoms with Gasteiger partial charge in [0.15, 0.2) is 0 Å². The minimum absolute atomic E-state index is 0.00896. The Morgan fingerprint density at radius 3 is 2.45 bits per heavy atom. The summed E-state index contributed by atoms with van der Waals surface area (Å²) < 4.78 is 31.4. The Hall–Kier alpha value is -1.11. The fourth-order valence-corrected chi connectivity index (χ4v) is 3.12. The minimum atomic E-state index is -3.55. The maximum Gasteiger partial charge on any atom is 0.246 e. The van der Waals surface area contributed by atoms with Crippen LogP contribution in [0.1, 0.15) is 20.3 Å². The lowest BCUT2D eigenvalue weighted by atomic mass is 10.0. The van der Waals surface area contributed by atoms with Gasteiger partial charge in [-0.05, 0) is 24.5 Å². The van der Waals surface area contributed by atoms with Crippen molar-refractivity contribution in [1.82, 2.24) is 4.31 Å². The molecule has 1 unspecified atom stereocenters. The van der Waals surface area contributed by atoms with E-state index >= 15 is 0 Å². The molecule has 0 aliphatic heterocycles. The highest BCUT2D eigenvalue weighted by Crippen LogP contribution is 2.25. The van der Waals surface area contributed by atoms with Crippen LogP contribution in [0.5, 0.6) is 5.75 Å². The minimum Gasteiger partial charge on any atom is -0.495 e. The summed E-state index contributed by atoms with van der Waals surface area (Å²) in [4.78, 5) is 0.183. The third-order valence-corrected chi connectivity index (χ3v) is 5.29. The fourth-order valence-electron chi connectivity index (χ4n) is 1.78. The lowest BCUT2D eigenvalue weighted by Crippen LogP contribution is -2.34. The highest BCUT2D eigenvalue weighted by atomic mass is 32.2. The van der Waals surface area contributed by atoms with E-state index in [9.17, 15) is 8.42 Å². The average Bonchev–Trinajstić information content (AvgIpc) is 2.43. The molecule has 1 atom stereocenters. The maximum absolute atomic E-state index is 12.5. The SMILES string of the molecule is COc1ccccc1S(=O)(=O)N(C)CCC(N)C(C)C. The van der Waals surface area contributed by atoms with Gasteiger partial charge in [0.2, 0.25) is 10.0 Å². The largest absolute Gasteiger partial charge is 0.495 e. The molecule has 2 N–H and O–H groups in total. The molecular weight excluding hydrogens is 276 g/mol. The van der Waals surface area contributed by atoms with Crippen LogP contribution in [0.4, 0.5) is 0 Å². The van der Waals surface area contributed by atoms with Gasteiger partial charge in [-0.3, -0.25) is 0 Å². The molecule has 5 nitrogen and oxygen atoms in total. The first-order valence-electron chi connectivity index (χ1n) is 6.65. The van der Waals surface area contributed by atoms with Crippen LogP contribution in [0.25, 0.3) is 0 Å². The van der Waals surface area contributed by atoms with Gasteiger partial charge in [-0.1, -0.05) is 26.0 Å². The van der Waals surface area contributed by atoms with E-state index in [1.165, 1.54) is 11.4 Å². The molecule has 1 aromatic rings. The smallest absolute Gasteiger partial charge is 0.246 e. The molecule has 20 heavy (non-hydrogen) atoms. The second kappa shape index (κ2) is 7.06. The number of sulfonamides is 1. The highest BCUT2D eigenvalue weighted by molar-refractivity contribution is 7.89. The zero-order chi connectivity index (χ0) is 15.3. The summed E-state index contributed by atoms with van der Waals surface area (Å²) in [7, 11) is -0.525. The average molecular weight is 300 g/mol. The summed E-state index contributed by atoms with van der Waals surface area (Å²) in [5.74, 6) is 0.685. The van der Waals surface area contributed by atoms with Crippen LogP contribution >= 0.6 is 0 Å². The first kappa shape index (κ1) is 16.9. The van der Waals surface area contributed by atoms with Crippen LogP contribution in [0.3, 0.4) is 0 Å². The summed E-state index contributed by atoms with van der Waals surface area (Å²) in [6.45, 7) is 4.44. The van der Waals surface area contributed by atoms with Gasteiger partial charge in [-0.15, -0.1) is 0 Å². The summed E-state index contributed by atoms with van der Waals surface area (Å²) in [6, 6.07) is 6.61. The molecule has 0 bridgehead atoms. The number of ether oxygens (including phenoxy) is 1. The maximum atomic E-state index is 12.5. The van der Waals surface area contributed by atoms with Gasteiger partial charge in [0.05, 0.1) is 7.11 Å². The third-order valence-electron chi connectivity index (χ3n) is 3.39. The monoisotopic (exact) mass is 300 g/mol. The second-order valence-corrected chi connectivity index (χ2v) is 7.19. The van der Waals surface area contributed by atoms with Crippen molar-refractivity contribution >= 4 is 10.0 Å². The van der Waals surface area contributed by atoms with Crippen molar-refractivity contribution in [2.24, 2.45) is 11.7 Å². The van der Waals surface area contributed by atoms with E-state index in [0.717, 1.165) is 0 Å². The van der Waals surface area contributed by atoms with Crippen molar-refractivity contribution in [1.29, 1.82) is 0 Å². The first-order chi connectivity index (χ1) is 9.30. The molecular formula is C14H24N2O3S. The summed E-state index contributed by atoms with van der Waals surface area (Å²) >= 11 is 0. The number of para-hydroxylation sites is 1. The first-order valence-corrected chi connectivity index (χ1v) is 8.09. The van der Waals surface area contributed by atoms with E-state index in [0.29, 0.717) is 24.6 Å². The molecule has 1 rings (SSSR count). The molecule has 1 aromatic carbocycles. The van der Waals surface area contributed by atoms with Crippen molar-refractivity contribution in [2.45, 2.75) is 31.2 Å². The topological polar surface area (TPSA) is 72.6 Å². The van der Waals surface area contributed by atoms with Gasteiger partial charge < -0.3 is 10.5 Å². The van der Waals surface area contributed by atoms with Gasteiger partial charge >= 0.3 is 0 Å². The van der Waals surface area contributed by atoms with Crippen molar-refractivity contribution in [2.75, 3.05) is 20.7 Å². The molecule has 0 saturated carbocycles. The molecule has 0 aliphatic rings. The molecule has 0 amide bonds. The van der Waals surface area contributed by atoms with Crippen LogP contribution in [0.2, 0.25) is 0 Å². The van der Waals surface area contributed by atoms with Crippen LogP contribution < -0.4 is 10.5 Å². The van der Waals surface area contributed by atoms with E-state index in [4.69, 9.17) is 10.5 Å². The Morgan fingerprint density at radius 1 is 1.30 bits per heavy atom. The Morgan fingerprint density at radius 2 is 1.90 bits per heavy atom. The molecule has 0 spiro atoms. The van der Waals surface area contributed by atoms with Crippen LogP contribution in [0, 0.1) is 5.92 Å². The fraction of sp³-hybridized carbons (Fsp3) is 0.571. The van der Waals surface area contributed by atoms with E-state index in [-0.39, 0.29) is 10.9 Å².